The minimum Gasteiger partial charge on any atom is -0.281 e. The van der Waals surface area contributed by atoms with E-state index in [9.17, 15) is 4.79 Å². The first-order valence-electron chi connectivity index (χ1n) is 4.59. The van der Waals surface area contributed by atoms with E-state index in [-0.39, 0.29) is 5.56 Å². The minimum absolute atomic E-state index is 0.138. The van der Waals surface area contributed by atoms with Crippen LogP contribution < -0.4 is 5.56 Å². The third kappa shape index (κ3) is 2.03. The van der Waals surface area contributed by atoms with E-state index < -0.39 is 0 Å². The van der Waals surface area contributed by atoms with Crippen molar-refractivity contribution in [2.45, 2.75) is 6.92 Å². The highest BCUT2D eigenvalue weighted by Crippen LogP contribution is 2.24. The van der Waals surface area contributed by atoms with Crippen LogP contribution in [0.5, 0.6) is 0 Å². The van der Waals surface area contributed by atoms with Crippen LogP contribution in [0.4, 0.5) is 0 Å². The Morgan fingerprint density at radius 3 is 2.88 bits per heavy atom. The maximum Gasteiger partial charge on any atom is 0.276 e. The molecular formula is C11H8BrClN2O. The summed E-state index contributed by atoms with van der Waals surface area (Å²) in [5.41, 5.74) is 1.05. The van der Waals surface area contributed by atoms with Gasteiger partial charge >= 0.3 is 0 Å². The Hall–Kier alpha value is -1.13. The van der Waals surface area contributed by atoms with Crippen molar-refractivity contribution in [1.82, 2.24) is 9.55 Å². The largest absolute Gasteiger partial charge is 0.281 e. The molecule has 0 unspecified atom stereocenters. The molecule has 1 heterocycles. The van der Waals surface area contributed by atoms with Gasteiger partial charge in [-0.15, -0.1) is 0 Å². The molecule has 5 heteroatoms. The first-order valence-corrected chi connectivity index (χ1v) is 5.76. The summed E-state index contributed by atoms with van der Waals surface area (Å²) < 4.78 is 2.32. The molecule has 0 aliphatic carbocycles. The van der Waals surface area contributed by atoms with E-state index in [1.807, 2.05) is 6.07 Å². The molecule has 0 amide bonds. The second kappa shape index (κ2) is 4.39. The Bertz CT molecular complexity index is 595. The van der Waals surface area contributed by atoms with E-state index in [0.717, 1.165) is 10.2 Å². The maximum atomic E-state index is 11.8. The van der Waals surface area contributed by atoms with Crippen LogP contribution in [0.2, 0.25) is 5.02 Å². The molecule has 1 aromatic carbocycles. The Balaban J connectivity index is 2.64. The van der Waals surface area contributed by atoms with Gasteiger partial charge in [-0.25, -0.2) is 0 Å². The fourth-order valence-electron chi connectivity index (χ4n) is 1.35. The van der Waals surface area contributed by atoms with Crippen molar-refractivity contribution < 1.29 is 0 Å². The van der Waals surface area contributed by atoms with E-state index in [1.54, 1.807) is 31.5 Å². The van der Waals surface area contributed by atoms with E-state index in [4.69, 9.17) is 11.6 Å². The standard InChI is InChI=1S/C11H8BrClN2O/c1-7-11(16)15(5-4-14-7)8-2-3-9(12)10(13)6-8/h2-6H,1H3. The summed E-state index contributed by atoms with van der Waals surface area (Å²) in [4.78, 5) is 15.7. The third-order valence-corrected chi connectivity index (χ3v) is 3.43. The van der Waals surface area contributed by atoms with Gasteiger partial charge in [-0.05, 0) is 41.1 Å². The van der Waals surface area contributed by atoms with Gasteiger partial charge in [0, 0.05) is 16.9 Å². The molecule has 2 aromatic rings. The lowest BCUT2D eigenvalue weighted by Crippen LogP contribution is -2.20. The molecule has 0 spiro atoms. The van der Waals surface area contributed by atoms with Crippen LogP contribution in [0.1, 0.15) is 5.69 Å². The average Bonchev–Trinajstić information content (AvgIpc) is 2.26. The molecule has 0 N–H and O–H groups in total. The highest BCUT2D eigenvalue weighted by molar-refractivity contribution is 9.10. The van der Waals surface area contributed by atoms with E-state index in [0.29, 0.717) is 10.7 Å². The van der Waals surface area contributed by atoms with Crippen molar-refractivity contribution in [2.75, 3.05) is 0 Å². The highest BCUT2D eigenvalue weighted by atomic mass is 79.9. The van der Waals surface area contributed by atoms with Gasteiger partial charge in [0.05, 0.1) is 10.7 Å². The van der Waals surface area contributed by atoms with Gasteiger partial charge in [-0.3, -0.25) is 14.3 Å². The van der Waals surface area contributed by atoms with E-state index in [1.165, 1.54) is 4.57 Å². The second-order valence-electron chi connectivity index (χ2n) is 3.29. The number of rotatable bonds is 1. The first kappa shape index (κ1) is 11.4. The molecule has 0 aliphatic heterocycles. The van der Waals surface area contributed by atoms with Crippen molar-refractivity contribution in [3.05, 3.63) is 56.1 Å². The summed E-state index contributed by atoms with van der Waals surface area (Å²) in [5.74, 6) is 0. The van der Waals surface area contributed by atoms with Crippen molar-refractivity contribution in [3.8, 4) is 5.69 Å². The van der Waals surface area contributed by atoms with Gasteiger partial charge in [0.25, 0.3) is 5.56 Å². The highest BCUT2D eigenvalue weighted by Gasteiger charge is 2.04. The minimum atomic E-state index is -0.138. The summed E-state index contributed by atoms with van der Waals surface area (Å²) >= 11 is 9.28. The number of aryl methyl sites for hydroxylation is 1. The molecule has 3 nitrogen and oxygen atoms in total. The van der Waals surface area contributed by atoms with Gasteiger partial charge in [0.2, 0.25) is 0 Å². The molecule has 2 rings (SSSR count). The maximum absolute atomic E-state index is 11.8. The van der Waals surface area contributed by atoms with Crippen LogP contribution in [-0.4, -0.2) is 9.55 Å². The molecule has 0 aliphatic rings. The molecule has 0 bridgehead atoms. The molecule has 0 fully saturated rings. The van der Waals surface area contributed by atoms with Crippen LogP contribution >= 0.6 is 27.5 Å². The van der Waals surface area contributed by atoms with Crippen LogP contribution in [-0.2, 0) is 0 Å². The zero-order valence-corrected chi connectivity index (χ0v) is 10.8. The van der Waals surface area contributed by atoms with Crippen LogP contribution in [0.3, 0.4) is 0 Å². The SMILES string of the molecule is Cc1nccn(-c2ccc(Br)c(Cl)c2)c1=O. The van der Waals surface area contributed by atoms with Crippen molar-refractivity contribution in [2.24, 2.45) is 0 Å². The fraction of sp³-hybridized carbons (Fsp3) is 0.0909. The monoisotopic (exact) mass is 298 g/mol. The fourth-order valence-corrected chi connectivity index (χ4v) is 1.77. The van der Waals surface area contributed by atoms with Crippen LogP contribution in [0, 0.1) is 6.92 Å². The van der Waals surface area contributed by atoms with E-state index >= 15 is 0 Å². The van der Waals surface area contributed by atoms with Gasteiger partial charge in [0.1, 0.15) is 5.69 Å². The lowest BCUT2D eigenvalue weighted by molar-refractivity contribution is 0.923. The van der Waals surface area contributed by atoms with E-state index in [2.05, 4.69) is 20.9 Å². The predicted octanol–water partition coefficient (Wildman–Crippen LogP) is 2.96. The number of halogens is 2. The van der Waals surface area contributed by atoms with Crippen molar-refractivity contribution in [1.29, 1.82) is 0 Å². The molecule has 1 aromatic heterocycles. The smallest absolute Gasteiger partial charge is 0.276 e. The normalized spacial score (nSPS) is 10.4. The first-order chi connectivity index (χ1) is 7.59. The Labute approximate surface area is 106 Å². The molecule has 0 saturated carbocycles. The Morgan fingerprint density at radius 1 is 1.44 bits per heavy atom. The van der Waals surface area contributed by atoms with Gasteiger partial charge < -0.3 is 0 Å². The Kier molecular flexibility index (Phi) is 3.12. The third-order valence-electron chi connectivity index (χ3n) is 2.19. The summed E-state index contributed by atoms with van der Waals surface area (Å²) in [6.07, 6.45) is 3.21. The van der Waals surface area contributed by atoms with Crippen LogP contribution in [0.25, 0.3) is 5.69 Å². The van der Waals surface area contributed by atoms with Gasteiger partial charge in [-0.1, -0.05) is 11.6 Å². The zero-order valence-electron chi connectivity index (χ0n) is 8.45. The van der Waals surface area contributed by atoms with Crippen molar-refractivity contribution in [3.63, 3.8) is 0 Å². The number of nitrogens with zero attached hydrogens (tertiary/aromatic N) is 2. The number of hydrogen-bond donors (Lipinski definition) is 0. The molecule has 16 heavy (non-hydrogen) atoms. The molecule has 0 atom stereocenters. The topological polar surface area (TPSA) is 34.9 Å². The second-order valence-corrected chi connectivity index (χ2v) is 4.55. The summed E-state index contributed by atoms with van der Waals surface area (Å²) in [6.45, 7) is 1.68. The quantitative estimate of drug-likeness (QED) is 0.811. The lowest BCUT2D eigenvalue weighted by atomic mass is 10.3. The summed E-state index contributed by atoms with van der Waals surface area (Å²) in [6, 6.07) is 5.35. The number of hydrogen-bond acceptors (Lipinski definition) is 2. The van der Waals surface area contributed by atoms with Gasteiger partial charge in [-0.2, -0.15) is 0 Å². The lowest BCUT2D eigenvalue weighted by Gasteiger charge is -2.06. The summed E-state index contributed by atoms with van der Waals surface area (Å²) in [5, 5.41) is 0.568. The molecular weight excluding hydrogens is 291 g/mol. The molecule has 0 radical (unpaired) electrons. The van der Waals surface area contributed by atoms with Crippen LogP contribution in [0.15, 0.2) is 39.9 Å². The number of benzene rings is 1. The Morgan fingerprint density at radius 2 is 2.19 bits per heavy atom. The van der Waals surface area contributed by atoms with Gasteiger partial charge in [0.15, 0.2) is 0 Å². The molecule has 82 valence electrons. The zero-order chi connectivity index (χ0) is 11.7. The molecule has 0 saturated heterocycles. The average molecular weight is 300 g/mol. The van der Waals surface area contributed by atoms with Crippen molar-refractivity contribution >= 4 is 27.5 Å². The summed E-state index contributed by atoms with van der Waals surface area (Å²) in [7, 11) is 0. The predicted molar refractivity (Wildman–Crippen MR) is 67.3 cm³/mol. The number of aromatic nitrogens is 2.